The van der Waals surface area contributed by atoms with E-state index in [4.69, 9.17) is 18.9 Å². The van der Waals surface area contributed by atoms with E-state index in [9.17, 15) is 45.6 Å². The molecule has 0 aromatic rings. The van der Waals surface area contributed by atoms with Crippen LogP contribution in [-0.2, 0) is 23.7 Å². The lowest BCUT2D eigenvalue weighted by Crippen LogP contribution is -2.65. The van der Waals surface area contributed by atoms with E-state index in [1.54, 1.807) is 0 Å². The van der Waals surface area contributed by atoms with Crippen molar-refractivity contribution in [1.29, 1.82) is 0 Å². The number of unbranched alkanes of at least 4 members (excludes halogenated alkanes) is 53. The molecule has 2 fully saturated rings. The molecule has 12 unspecified atom stereocenters. The second-order valence-corrected chi connectivity index (χ2v) is 27.9. The number of rotatable bonds is 66. The van der Waals surface area contributed by atoms with Crippen molar-refractivity contribution in [2.24, 2.45) is 0 Å². The standard InChI is InChI=1S/C75H147NO13/c1-3-5-7-9-11-13-15-17-19-21-23-25-26-27-28-29-30-31-32-33-34-35-36-37-39-41-43-45-47-49-51-53-55-57-59-67(80)76-63(64(79)58-56-54-52-50-48-46-44-42-40-38-24-22-20-18-16-14-12-10-8-6-4-2)62-86-74-72(85)70(83)73(66(61-78)88-74)89-75-71(84)69(82)68(81)65(60-77)87-75/h63-66,68-75,77-79,81-85H,3-62H2,1-2H3,(H,76,80). The van der Waals surface area contributed by atoms with Gasteiger partial charge in [-0.05, 0) is 12.8 Å². The first kappa shape index (κ1) is 84.1. The molecule has 2 aliphatic rings. The quantitative estimate of drug-likeness (QED) is 0.0259. The molecule has 2 saturated heterocycles. The number of amides is 1. The topological polar surface area (TPSA) is 228 Å². The van der Waals surface area contributed by atoms with E-state index in [0.29, 0.717) is 12.8 Å². The van der Waals surface area contributed by atoms with Crippen molar-refractivity contribution in [2.45, 2.75) is 453 Å². The van der Waals surface area contributed by atoms with Crippen molar-refractivity contribution < 1.29 is 64.6 Å². The Kier molecular flexibility index (Phi) is 57.3. The molecule has 2 rings (SSSR count). The number of carbonyl (C=O) groups excluding carboxylic acids is 1. The Morgan fingerprint density at radius 1 is 0.360 bits per heavy atom. The monoisotopic (exact) mass is 1270 g/mol. The molecule has 0 aromatic heterocycles. The molecule has 2 heterocycles. The normalized spacial score (nSPS) is 22.9. The second-order valence-electron chi connectivity index (χ2n) is 27.9. The highest BCUT2D eigenvalue weighted by Gasteiger charge is 2.51. The molecule has 0 saturated carbocycles. The van der Waals surface area contributed by atoms with Gasteiger partial charge in [0.15, 0.2) is 12.6 Å². The highest BCUT2D eigenvalue weighted by molar-refractivity contribution is 5.76. The van der Waals surface area contributed by atoms with E-state index < -0.39 is 86.8 Å². The molecule has 1 amide bonds. The van der Waals surface area contributed by atoms with Gasteiger partial charge in [0, 0.05) is 6.42 Å². The summed E-state index contributed by atoms with van der Waals surface area (Å²) in [5, 5.41) is 87.7. The number of hydrogen-bond donors (Lipinski definition) is 9. The van der Waals surface area contributed by atoms with Crippen molar-refractivity contribution in [3.8, 4) is 0 Å². The predicted octanol–water partition coefficient (Wildman–Crippen LogP) is 16.7. The van der Waals surface area contributed by atoms with E-state index in [1.165, 1.54) is 302 Å². The first-order valence-corrected chi connectivity index (χ1v) is 38.8. The summed E-state index contributed by atoms with van der Waals surface area (Å²) >= 11 is 0. The van der Waals surface area contributed by atoms with Gasteiger partial charge in [0.2, 0.25) is 5.91 Å². The molecule has 0 aliphatic carbocycles. The zero-order valence-corrected chi connectivity index (χ0v) is 58.0. The summed E-state index contributed by atoms with van der Waals surface area (Å²) in [5.41, 5.74) is 0. The van der Waals surface area contributed by atoms with Gasteiger partial charge in [0.05, 0.1) is 32.0 Å². The van der Waals surface area contributed by atoms with Crippen molar-refractivity contribution in [2.75, 3.05) is 19.8 Å². The summed E-state index contributed by atoms with van der Waals surface area (Å²) in [4.78, 5) is 13.4. The lowest BCUT2D eigenvalue weighted by Gasteiger charge is -2.46. The molecule has 0 aromatic carbocycles. The Balaban J connectivity index is 1.59. The molecule has 2 aliphatic heterocycles. The molecule has 0 bridgehead atoms. The third-order valence-electron chi connectivity index (χ3n) is 19.6. The van der Waals surface area contributed by atoms with Crippen LogP contribution in [0, 0.1) is 0 Å². The van der Waals surface area contributed by atoms with E-state index in [0.717, 1.165) is 51.4 Å². The van der Waals surface area contributed by atoms with Gasteiger partial charge in [-0.15, -0.1) is 0 Å². The van der Waals surface area contributed by atoms with Gasteiger partial charge in [-0.25, -0.2) is 0 Å². The number of ether oxygens (including phenoxy) is 4. The van der Waals surface area contributed by atoms with Gasteiger partial charge in [-0.1, -0.05) is 361 Å². The third kappa shape index (κ3) is 44.4. The number of aliphatic hydroxyl groups excluding tert-OH is 8. The summed E-state index contributed by atoms with van der Waals surface area (Å²) in [6, 6.07) is -0.825. The van der Waals surface area contributed by atoms with Crippen molar-refractivity contribution in [3.63, 3.8) is 0 Å². The van der Waals surface area contributed by atoms with Crippen LogP contribution in [0.25, 0.3) is 0 Å². The van der Waals surface area contributed by atoms with Crippen LogP contribution in [0.1, 0.15) is 380 Å². The smallest absolute Gasteiger partial charge is 0.220 e. The van der Waals surface area contributed by atoms with E-state index in [1.807, 2.05) is 0 Å². The maximum atomic E-state index is 13.4. The molecule has 12 atom stereocenters. The molecular weight excluding hydrogens is 1120 g/mol. The maximum absolute atomic E-state index is 13.4. The first-order valence-electron chi connectivity index (χ1n) is 38.8. The SMILES string of the molecule is CCCCCCCCCCCCCCCCCCCCCCCCCCCCCCCCCCCCC(=O)NC(COC1OC(CO)C(OC2OC(CO)C(O)C(O)C2O)C(O)C1O)C(O)CCCCCCCCCCCCCCCCCCCCCCC. The molecule has 14 nitrogen and oxygen atoms in total. The van der Waals surface area contributed by atoms with Crippen molar-refractivity contribution in [3.05, 3.63) is 0 Å². The molecule has 530 valence electrons. The first-order chi connectivity index (χ1) is 43.6. The fourth-order valence-electron chi connectivity index (χ4n) is 13.4. The molecule has 14 heteroatoms. The van der Waals surface area contributed by atoms with Gasteiger partial charge in [0.1, 0.15) is 48.8 Å². The average Bonchev–Trinajstić information content (AvgIpc) is 2.54. The fraction of sp³-hybridized carbons (Fsp3) is 0.987. The summed E-state index contributed by atoms with van der Waals surface area (Å²) in [6.45, 7) is 2.94. The largest absolute Gasteiger partial charge is 0.394 e. The zero-order valence-electron chi connectivity index (χ0n) is 58.0. The van der Waals surface area contributed by atoms with E-state index in [2.05, 4.69) is 19.2 Å². The van der Waals surface area contributed by atoms with E-state index in [-0.39, 0.29) is 12.5 Å². The highest BCUT2D eigenvalue weighted by atomic mass is 16.7. The third-order valence-corrected chi connectivity index (χ3v) is 19.6. The van der Waals surface area contributed by atoms with Crippen molar-refractivity contribution >= 4 is 5.91 Å². The summed E-state index contributed by atoms with van der Waals surface area (Å²) in [5.74, 6) is -0.196. The molecule has 89 heavy (non-hydrogen) atoms. The fourth-order valence-corrected chi connectivity index (χ4v) is 13.4. The van der Waals surface area contributed by atoms with Crippen LogP contribution < -0.4 is 5.32 Å². The zero-order chi connectivity index (χ0) is 64.5. The minimum absolute atomic E-state index is 0.196. The maximum Gasteiger partial charge on any atom is 0.220 e. The summed E-state index contributed by atoms with van der Waals surface area (Å²) < 4.78 is 23.0. The van der Waals surface area contributed by atoms with Crippen LogP contribution in [-0.4, -0.2) is 140 Å². The minimum Gasteiger partial charge on any atom is -0.394 e. The van der Waals surface area contributed by atoms with Crippen LogP contribution in [0.4, 0.5) is 0 Å². The highest BCUT2D eigenvalue weighted by Crippen LogP contribution is 2.30. The summed E-state index contributed by atoms with van der Waals surface area (Å²) in [7, 11) is 0. The van der Waals surface area contributed by atoms with Crippen LogP contribution in [0.3, 0.4) is 0 Å². The minimum atomic E-state index is -1.78. The van der Waals surface area contributed by atoms with Gasteiger partial charge in [-0.2, -0.15) is 0 Å². The Hall–Kier alpha value is -1.01. The van der Waals surface area contributed by atoms with Crippen LogP contribution >= 0.6 is 0 Å². The average molecular weight is 1270 g/mol. The Morgan fingerprint density at radius 2 is 0.640 bits per heavy atom. The van der Waals surface area contributed by atoms with Crippen molar-refractivity contribution in [1.82, 2.24) is 5.32 Å². The van der Waals surface area contributed by atoms with E-state index >= 15 is 0 Å². The van der Waals surface area contributed by atoms with Crippen LogP contribution in [0.2, 0.25) is 0 Å². The summed E-state index contributed by atoms with van der Waals surface area (Å²) in [6.07, 6.45) is 57.2. The number of hydrogen-bond acceptors (Lipinski definition) is 13. The molecule has 0 spiro atoms. The number of nitrogens with one attached hydrogen (secondary N) is 1. The lowest BCUT2D eigenvalue weighted by molar-refractivity contribution is -0.359. The van der Waals surface area contributed by atoms with Crippen LogP contribution in [0.15, 0.2) is 0 Å². The van der Waals surface area contributed by atoms with Gasteiger partial charge >= 0.3 is 0 Å². The molecule has 9 N–H and O–H groups in total. The molecular formula is C75H147NO13. The second kappa shape index (κ2) is 60.6. The van der Waals surface area contributed by atoms with Gasteiger partial charge in [-0.3, -0.25) is 4.79 Å². The number of carbonyl (C=O) groups is 1. The Bertz CT molecular complexity index is 1500. The number of aliphatic hydroxyl groups is 8. The van der Waals surface area contributed by atoms with Gasteiger partial charge in [0.25, 0.3) is 0 Å². The Labute approximate surface area is 546 Å². The Morgan fingerprint density at radius 3 is 0.955 bits per heavy atom. The predicted molar refractivity (Wildman–Crippen MR) is 365 cm³/mol. The van der Waals surface area contributed by atoms with Gasteiger partial charge < -0.3 is 65.1 Å². The van der Waals surface area contributed by atoms with Crippen LogP contribution in [0.5, 0.6) is 0 Å². The molecule has 0 radical (unpaired) electrons. The lowest BCUT2D eigenvalue weighted by atomic mass is 9.97.